The molecule has 1 N–H and O–H groups in total. The highest BCUT2D eigenvalue weighted by Gasteiger charge is 2.21. The molecule has 94 valence electrons. The largest absolute Gasteiger partial charge is 0.392 e. The molecular weight excluding hydrogens is 292 g/mol. The third kappa shape index (κ3) is 3.03. The van der Waals surface area contributed by atoms with E-state index >= 15 is 0 Å². The van der Waals surface area contributed by atoms with Crippen molar-refractivity contribution in [1.82, 2.24) is 4.90 Å². The number of hydrogen-bond donors (Lipinski definition) is 1. The molecule has 17 heavy (non-hydrogen) atoms. The number of β-amino-alcohol motifs (C(OH)–C–C–N with tert-alkyl or cyclic N) is 1. The highest BCUT2D eigenvalue weighted by atomic mass is 79.9. The minimum atomic E-state index is -0.551. The van der Waals surface area contributed by atoms with Crippen molar-refractivity contribution in [1.29, 1.82) is 0 Å². The molecule has 0 aromatic heterocycles. The number of rotatable bonds is 2. The van der Waals surface area contributed by atoms with Gasteiger partial charge in [0.2, 0.25) is 0 Å². The lowest BCUT2D eigenvalue weighted by molar-refractivity contribution is 0.0656. The Hall–Kier alpha value is -0.520. The van der Waals surface area contributed by atoms with Crippen LogP contribution in [0.25, 0.3) is 0 Å². The third-order valence-electron chi connectivity index (χ3n) is 3.00. The van der Waals surface area contributed by atoms with E-state index in [1.807, 2.05) is 4.90 Å². The van der Waals surface area contributed by atoms with Crippen molar-refractivity contribution in [2.24, 2.45) is 0 Å². The molecule has 0 radical (unpaired) electrons. The van der Waals surface area contributed by atoms with Gasteiger partial charge in [-0.2, -0.15) is 0 Å². The molecule has 1 atom stereocenters. The minimum Gasteiger partial charge on any atom is -0.392 e. The number of likely N-dealkylation sites (tertiary alicyclic amines) is 1. The molecule has 0 aliphatic carbocycles. The van der Waals surface area contributed by atoms with E-state index in [4.69, 9.17) is 0 Å². The number of aliphatic hydroxyl groups excluding tert-OH is 1. The smallest absolute Gasteiger partial charge is 0.144 e. The van der Waals surface area contributed by atoms with Gasteiger partial charge in [-0.25, -0.2) is 8.78 Å². The van der Waals surface area contributed by atoms with Crippen LogP contribution < -0.4 is 0 Å². The van der Waals surface area contributed by atoms with Crippen molar-refractivity contribution >= 4 is 15.9 Å². The summed E-state index contributed by atoms with van der Waals surface area (Å²) in [6, 6.07) is 2.61. The van der Waals surface area contributed by atoms with Crippen molar-refractivity contribution in [3.05, 3.63) is 33.8 Å². The highest BCUT2D eigenvalue weighted by molar-refractivity contribution is 9.10. The summed E-state index contributed by atoms with van der Waals surface area (Å²) in [6.45, 7) is 1.45. The summed E-state index contributed by atoms with van der Waals surface area (Å²) in [5.74, 6) is -1.09. The third-order valence-corrected chi connectivity index (χ3v) is 3.61. The van der Waals surface area contributed by atoms with Gasteiger partial charge in [0.05, 0.1) is 10.6 Å². The van der Waals surface area contributed by atoms with E-state index < -0.39 is 11.6 Å². The molecule has 0 amide bonds. The molecule has 0 bridgehead atoms. The lowest BCUT2D eigenvalue weighted by Gasteiger charge is -2.30. The molecule has 1 aromatic carbocycles. The van der Waals surface area contributed by atoms with Gasteiger partial charge in [-0.05, 0) is 47.4 Å². The summed E-state index contributed by atoms with van der Waals surface area (Å²) in [6.07, 6.45) is 1.24. The van der Waals surface area contributed by atoms with E-state index in [0.717, 1.165) is 19.4 Å². The first-order valence-corrected chi connectivity index (χ1v) is 6.40. The molecule has 5 heteroatoms. The second kappa shape index (κ2) is 5.42. The number of benzene rings is 1. The highest BCUT2D eigenvalue weighted by Crippen LogP contribution is 2.24. The summed E-state index contributed by atoms with van der Waals surface area (Å²) in [4.78, 5) is 1.88. The zero-order valence-electron chi connectivity index (χ0n) is 9.30. The lowest BCUT2D eigenvalue weighted by Crippen LogP contribution is -2.38. The Balaban J connectivity index is 2.15. The summed E-state index contributed by atoms with van der Waals surface area (Å²) in [5, 5.41) is 9.51. The second-order valence-electron chi connectivity index (χ2n) is 4.35. The molecule has 2 nitrogen and oxygen atoms in total. The van der Waals surface area contributed by atoms with Gasteiger partial charge in [-0.3, -0.25) is 4.90 Å². The average Bonchev–Trinajstić information content (AvgIpc) is 2.30. The van der Waals surface area contributed by atoms with Crippen molar-refractivity contribution in [3.63, 3.8) is 0 Å². The van der Waals surface area contributed by atoms with Crippen molar-refractivity contribution in [3.8, 4) is 0 Å². The van der Waals surface area contributed by atoms with Gasteiger partial charge in [0, 0.05) is 18.7 Å². The zero-order chi connectivity index (χ0) is 12.4. The summed E-state index contributed by atoms with van der Waals surface area (Å²) >= 11 is 3.05. The Kier molecular flexibility index (Phi) is 4.12. The average molecular weight is 306 g/mol. The van der Waals surface area contributed by atoms with E-state index in [9.17, 15) is 13.9 Å². The van der Waals surface area contributed by atoms with E-state index in [1.165, 1.54) is 12.1 Å². The maximum absolute atomic E-state index is 13.7. The van der Waals surface area contributed by atoms with Gasteiger partial charge in [0.1, 0.15) is 11.6 Å². The van der Waals surface area contributed by atoms with E-state index in [0.29, 0.717) is 6.54 Å². The van der Waals surface area contributed by atoms with Gasteiger partial charge in [-0.1, -0.05) is 0 Å². The van der Waals surface area contributed by atoms with Crippen LogP contribution in [0.5, 0.6) is 0 Å². The van der Waals surface area contributed by atoms with E-state index in [-0.39, 0.29) is 22.7 Å². The lowest BCUT2D eigenvalue weighted by atomic mass is 10.1. The van der Waals surface area contributed by atoms with Crippen LogP contribution in [0.15, 0.2) is 16.6 Å². The molecule has 1 aromatic rings. The van der Waals surface area contributed by atoms with Crippen molar-refractivity contribution < 1.29 is 13.9 Å². The Morgan fingerprint density at radius 3 is 2.88 bits per heavy atom. The van der Waals surface area contributed by atoms with E-state index in [2.05, 4.69) is 15.9 Å². The standard InChI is InChI=1S/C12H14BrF2NO/c13-10-3-4-11(14)9(12(10)15)7-16-5-1-2-8(17)6-16/h3-4,8,17H,1-2,5-7H2. The first-order valence-electron chi connectivity index (χ1n) is 5.60. The molecule has 0 spiro atoms. The maximum atomic E-state index is 13.7. The molecule has 1 aliphatic rings. The van der Waals surface area contributed by atoms with Crippen molar-refractivity contribution in [2.45, 2.75) is 25.5 Å². The van der Waals surface area contributed by atoms with Crippen LogP contribution in [0.1, 0.15) is 18.4 Å². The Morgan fingerprint density at radius 2 is 2.18 bits per heavy atom. The fraction of sp³-hybridized carbons (Fsp3) is 0.500. The Morgan fingerprint density at radius 1 is 1.41 bits per heavy atom. The SMILES string of the molecule is OC1CCCN(Cc2c(F)ccc(Br)c2F)C1. The maximum Gasteiger partial charge on any atom is 0.144 e. The second-order valence-corrected chi connectivity index (χ2v) is 5.21. The number of halogens is 3. The minimum absolute atomic E-state index is 0.0634. The monoisotopic (exact) mass is 305 g/mol. The molecule has 0 saturated carbocycles. The van der Waals surface area contributed by atoms with Gasteiger partial charge in [0.15, 0.2) is 0 Å². The predicted octanol–water partition coefficient (Wildman–Crippen LogP) is 2.68. The zero-order valence-corrected chi connectivity index (χ0v) is 10.9. The summed E-state index contributed by atoms with van der Waals surface area (Å²) < 4.78 is 27.5. The van der Waals surface area contributed by atoms with Crippen LogP contribution in [0.2, 0.25) is 0 Å². The first kappa shape index (κ1) is 12.9. The van der Waals surface area contributed by atoms with E-state index in [1.54, 1.807) is 0 Å². The van der Waals surface area contributed by atoms with Gasteiger partial charge in [-0.15, -0.1) is 0 Å². The van der Waals surface area contributed by atoms with Crippen LogP contribution in [0.3, 0.4) is 0 Å². The van der Waals surface area contributed by atoms with Crippen LogP contribution in [-0.4, -0.2) is 29.2 Å². The Bertz CT molecular complexity index is 414. The summed E-state index contributed by atoms with van der Waals surface area (Å²) in [7, 11) is 0. The molecular formula is C12H14BrF2NO. The van der Waals surface area contributed by atoms with Crippen molar-refractivity contribution in [2.75, 3.05) is 13.1 Å². The van der Waals surface area contributed by atoms with Gasteiger partial charge >= 0.3 is 0 Å². The molecule has 1 heterocycles. The topological polar surface area (TPSA) is 23.5 Å². The normalized spacial score (nSPS) is 21.8. The van der Waals surface area contributed by atoms with Crippen LogP contribution >= 0.6 is 15.9 Å². The molecule has 1 saturated heterocycles. The predicted molar refractivity (Wildman–Crippen MR) is 64.6 cm³/mol. The molecule has 1 unspecified atom stereocenters. The fourth-order valence-corrected chi connectivity index (χ4v) is 2.48. The quantitative estimate of drug-likeness (QED) is 0.849. The van der Waals surface area contributed by atoms with Crippen LogP contribution in [0, 0.1) is 11.6 Å². The van der Waals surface area contributed by atoms with Gasteiger partial charge in [0.25, 0.3) is 0 Å². The Labute approximate surface area is 107 Å². The fourth-order valence-electron chi connectivity index (χ4n) is 2.11. The number of hydrogen-bond acceptors (Lipinski definition) is 2. The molecule has 1 aliphatic heterocycles. The molecule has 2 rings (SSSR count). The summed E-state index contributed by atoms with van der Waals surface area (Å²) in [5.41, 5.74) is 0.0634. The first-order chi connectivity index (χ1) is 8.08. The van der Waals surface area contributed by atoms with Gasteiger partial charge < -0.3 is 5.11 Å². The van der Waals surface area contributed by atoms with Crippen LogP contribution in [-0.2, 0) is 6.54 Å². The van der Waals surface area contributed by atoms with Crippen LogP contribution in [0.4, 0.5) is 8.78 Å². The molecule has 1 fully saturated rings. The number of piperidine rings is 1. The number of aliphatic hydroxyl groups is 1. The number of nitrogens with zero attached hydrogens (tertiary/aromatic N) is 1.